The molecule has 1 aromatic heterocycles. The molecule has 2 aliphatic heterocycles. The van der Waals surface area contributed by atoms with Crippen LogP contribution in [0.4, 0.5) is 5.69 Å². The molecule has 2 nitrogen and oxygen atoms in total. The van der Waals surface area contributed by atoms with Gasteiger partial charge in [-0.15, -0.1) is 0 Å². The highest BCUT2D eigenvalue weighted by molar-refractivity contribution is 7.08. The first kappa shape index (κ1) is 17.9. The predicted octanol–water partition coefficient (Wildman–Crippen LogP) is 4.65. The Labute approximate surface area is 172 Å². The molecule has 0 amide bonds. The molecule has 1 aromatic carbocycles. The molecule has 4 heteroatoms. The van der Waals surface area contributed by atoms with E-state index in [-0.39, 0.29) is 0 Å². The van der Waals surface area contributed by atoms with E-state index in [4.69, 9.17) is 5.73 Å². The maximum Gasteiger partial charge on any atom is 0.199 e. The van der Waals surface area contributed by atoms with Crippen LogP contribution in [0, 0.1) is 6.92 Å². The lowest BCUT2D eigenvalue weighted by Gasteiger charge is -2.37. The molecule has 1 saturated heterocycles. The van der Waals surface area contributed by atoms with E-state index in [1.807, 2.05) is 0 Å². The summed E-state index contributed by atoms with van der Waals surface area (Å²) in [4.78, 5) is 0. The maximum absolute atomic E-state index is 6.25. The molecule has 2 aromatic rings. The highest BCUT2D eigenvalue weighted by atomic mass is 32.1. The van der Waals surface area contributed by atoms with Crippen LogP contribution in [0.25, 0.3) is 5.57 Å². The largest absolute Gasteiger partial charge is 0.399 e. The molecule has 5 rings (SSSR count). The maximum atomic E-state index is 6.25. The molecule has 2 N–H and O–H groups in total. The van der Waals surface area contributed by atoms with Crippen molar-refractivity contribution in [2.75, 3.05) is 18.8 Å². The lowest BCUT2D eigenvalue weighted by molar-refractivity contribution is -0.504. The van der Waals surface area contributed by atoms with Gasteiger partial charge < -0.3 is 5.73 Å². The van der Waals surface area contributed by atoms with Gasteiger partial charge in [0.2, 0.25) is 0 Å². The Bertz CT molecular complexity index is 1100. The number of nitrogen functional groups attached to an aromatic ring is 1. The number of benzene rings is 1. The molecule has 28 heavy (non-hydrogen) atoms. The van der Waals surface area contributed by atoms with Gasteiger partial charge in [-0.25, -0.2) is 4.58 Å². The first-order chi connectivity index (χ1) is 13.5. The Kier molecular flexibility index (Phi) is 4.11. The van der Waals surface area contributed by atoms with Crippen molar-refractivity contribution in [1.29, 1.82) is 0 Å². The minimum Gasteiger partial charge on any atom is -0.399 e. The fraction of sp³-hybridized carbons (Fsp3) is 0.292. The molecular weight excluding hydrogens is 376 g/mol. The van der Waals surface area contributed by atoms with Crippen LogP contribution in [0.3, 0.4) is 0 Å². The van der Waals surface area contributed by atoms with Crippen molar-refractivity contribution in [1.82, 2.24) is 0 Å². The predicted molar refractivity (Wildman–Crippen MR) is 125 cm³/mol. The van der Waals surface area contributed by atoms with E-state index < -0.39 is 8.07 Å². The smallest absolute Gasteiger partial charge is 0.199 e. The normalized spacial score (nSPS) is 20.3. The van der Waals surface area contributed by atoms with Gasteiger partial charge in [0.1, 0.15) is 21.2 Å². The summed E-state index contributed by atoms with van der Waals surface area (Å²) in [6.07, 6.45) is 9.86. The highest BCUT2D eigenvalue weighted by Crippen LogP contribution is 2.42. The average molecular weight is 404 g/mol. The minimum absolute atomic E-state index is 0.875. The van der Waals surface area contributed by atoms with Crippen molar-refractivity contribution in [2.24, 2.45) is 0 Å². The van der Waals surface area contributed by atoms with Crippen molar-refractivity contribution >= 4 is 41.6 Å². The zero-order valence-corrected chi connectivity index (χ0v) is 18.7. The topological polar surface area (TPSA) is 29.0 Å². The van der Waals surface area contributed by atoms with Gasteiger partial charge in [0.05, 0.1) is 0 Å². The number of thiophene rings is 1. The molecule has 1 aliphatic carbocycles. The summed E-state index contributed by atoms with van der Waals surface area (Å²) >= 11 is 1.79. The summed E-state index contributed by atoms with van der Waals surface area (Å²) in [7, 11) is -1.84. The van der Waals surface area contributed by atoms with Gasteiger partial charge in [0.15, 0.2) is 5.71 Å². The van der Waals surface area contributed by atoms with Crippen molar-refractivity contribution < 1.29 is 4.58 Å². The van der Waals surface area contributed by atoms with Gasteiger partial charge in [-0.05, 0) is 74.1 Å². The van der Waals surface area contributed by atoms with Crippen LogP contribution < -0.4 is 10.9 Å². The third kappa shape index (κ3) is 2.62. The van der Waals surface area contributed by atoms with Gasteiger partial charge in [0.25, 0.3) is 0 Å². The number of hydrogen-bond acceptors (Lipinski definition) is 2. The van der Waals surface area contributed by atoms with Gasteiger partial charge >= 0.3 is 0 Å². The number of allylic oxidation sites excluding steroid dienone is 5. The standard InChI is InChI=1S/C24H26N2SSi/c1-16-14-27-15-21(16)24-19-8-6-17(25)12-22(19)28(2,3)23-13-18(7-9-20(23)24)26-10-4-5-11-26/h6-9,12-15,25H,4-5,10-11H2,1-3H3/p+1. The molecular formula is C24H27N2SSi+. The molecule has 0 saturated carbocycles. The first-order valence-corrected chi connectivity index (χ1v) is 14.1. The van der Waals surface area contributed by atoms with Crippen LogP contribution in [0.15, 0.2) is 58.0 Å². The Morgan fingerprint density at radius 2 is 1.82 bits per heavy atom. The monoisotopic (exact) mass is 403 g/mol. The molecule has 0 bridgehead atoms. The number of rotatable bonds is 1. The second-order valence-electron chi connectivity index (χ2n) is 8.70. The van der Waals surface area contributed by atoms with Crippen molar-refractivity contribution in [3.8, 4) is 0 Å². The van der Waals surface area contributed by atoms with Gasteiger partial charge in [-0.2, -0.15) is 11.3 Å². The van der Waals surface area contributed by atoms with Crippen LogP contribution in [-0.2, 0) is 0 Å². The van der Waals surface area contributed by atoms with Crippen molar-refractivity contribution in [3.05, 3.63) is 74.6 Å². The molecule has 142 valence electrons. The summed E-state index contributed by atoms with van der Waals surface area (Å²) < 4.78 is 2.55. The minimum atomic E-state index is -1.84. The number of fused-ring (bicyclic) bond motifs is 2. The van der Waals surface area contributed by atoms with Gasteiger partial charge in [-0.3, -0.25) is 0 Å². The summed E-state index contributed by atoms with van der Waals surface area (Å²) in [5, 5.41) is 7.59. The molecule has 0 radical (unpaired) electrons. The number of anilines is 1. The molecule has 1 fully saturated rings. The van der Waals surface area contributed by atoms with E-state index in [0.29, 0.717) is 0 Å². The Morgan fingerprint density at radius 1 is 1.04 bits per heavy atom. The van der Waals surface area contributed by atoms with E-state index in [1.54, 1.807) is 16.5 Å². The molecule has 0 spiro atoms. The van der Waals surface area contributed by atoms with Crippen LogP contribution in [0.2, 0.25) is 13.1 Å². The quantitative estimate of drug-likeness (QED) is 0.419. The Hall–Kier alpha value is -2.17. The average Bonchev–Trinajstić information content (AvgIpc) is 3.35. The molecule has 3 aliphatic rings. The lowest BCUT2D eigenvalue weighted by atomic mass is 9.89. The number of nitrogens with two attached hydrogens (primary N) is 1. The molecule has 3 heterocycles. The Balaban J connectivity index is 1.83. The van der Waals surface area contributed by atoms with Crippen LogP contribution in [0.5, 0.6) is 0 Å². The number of hydrogen-bond donors (Lipinski definition) is 1. The van der Waals surface area contributed by atoms with Crippen LogP contribution in [0.1, 0.15) is 29.5 Å². The van der Waals surface area contributed by atoms with Crippen LogP contribution in [-0.4, -0.2) is 31.5 Å². The van der Waals surface area contributed by atoms with Gasteiger partial charge in [-0.1, -0.05) is 19.2 Å². The number of nitrogens with zero attached hydrogens (tertiary/aromatic N) is 1. The second kappa shape index (κ2) is 6.43. The lowest BCUT2D eigenvalue weighted by Crippen LogP contribution is -2.49. The zero-order chi connectivity index (χ0) is 19.5. The SMILES string of the molecule is Cc1cscc1C1=C2C=CC(=[N+]3CCCC3)C=C2[Si](C)(C)c2cc(N)ccc21. The third-order valence-electron chi connectivity index (χ3n) is 6.53. The van der Waals surface area contributed by atoms with E-state index in [1.165, 1.54) is 64.7 Å². The molecule has 0 atom stereocenters. The van der Waals surface area contributed by atoms with Crippen molar-refractivity contribution in [3.63, 3.8) is 0 Å². The molecule has 0 unspecified atom stereocenters. The first-order valence-electron chi connectivity index (χ1n) is 10.2. The van der Waals surface area contributed by atoms with E-state index >= 15 is 0 Å². The zero-order valence-electron chi connectivity index (χ0n) is 16.9. The van der Waals surface area contributed by atoms with Crippen LogP contribution >= 0.6 is 11.3 Å². The second-order valence-corrected chi connectivity index (χ2v) is 13.8. The van der Waals surface area contributed by atoms with E-state index in [9.17, 15) is 0 Å². The Morgan fingerprint density at radius 3 is 2.54 bits per heavy atom. The summed E-state index contributed by atoms with van der Waals surface area (Å²) in [6.45, 7) is 9.56. The summed E-state index contributed by atoms with van der Waals surface area (Å²) in [5.74, 6) is 0. The van der Waals surface area contributed by atoms with Gasteiger partial charge in [0, 0.05) is 30.7 Å². The fourth-order valence-corrected chi connectivity index (χ4v) is 8.86. The van der Waals surface area contributed by atoms with E-state index in [0.717, 1.165) is 5.69 Å². The fourth-order valence-electron chi connectivity index (χ4n) is 4.93. The van der Waals surface area contributed by atoms with Crippen molar-refractivity contribution in [2.45, 2.75) is 32.9 Å². The van der Waals surface area contributed by atoms with E-state index in [2.05, 4.69) is 71.8 Å². The summed E-state index contributed by atoms with van der Waals surface area (Å²) in [5.41, 5.74) is 15.5. The number of aryl methyl sites for hydroxylation is 1. The highest BCUT2D eigenvalue weighted by Gasteiger charge is 2.40. The third-order valence-corrected chi connectivity index (χ3v) is 10.9. The summed E-state index contributed by atoms with van der Waals surface area (Å²) in [6, 6.07) is 6.56.